The predicted molar refractivity (Wildman–Crippen MR) is 110 cm³/mol. The normalized spacial score (nSPS) is 10.8. The lowest BCUT2D eigenvalue weighted by Gasteiger charge is -2.10. The Kier molecular flexibility index (Phi) is 5.20. The van der Waals surface area contributed by atoms with E-state index in [1.165, 1.54) is 0 Å². The number of nitrogens with one attached hydrogen (secondary N) is 2. The molecular weight excluding hydrogens is 370 g/mol. The Bertz CT molecular complexity index is 1130. The van der Waals surface area contributed by atoms with E-state index in [0.29, 0.717) is 41.6 Å². The largest absolute Gasteiger partial charge is 0.493 e. The van der Waals surface area contributed by atoms with Crippen LogP contribution in [0.5, 0.6) is 11.5 Å². The molecule has 0 aliphatic heterocycles. The van der Waals surface area contributed by atoms with Gasteiger partial charge in [-0.15, -0.1) is 0 Å². The summed E-state index contributed by atoms with van der Waals surface area (Å²) in [6, 6.07) is 14.9. The van der Waals surface area contributed by atoms with Gasteiger partial charge in [-0.1, -0.05) is 6.07 Å². The van der Waals surface area contributed by atoms with Crippen molar-refractivity contribution in [3.05, 3.63) is 60.4 Å². The number of amides is 1. The molecule has 0 unspecified atom stereocenters. The van der Waals surface area contributed by atoms with Crippen molar-refractivity contribution >= 4 is 22.6 Å². The number of nitrogens with zero attached hydrogens (tertiary/aromatic N) is 1. The summed E-state index contributed by atoms with van der Waals surface area (Å²) < 4.78 is 15.9. The number of methoxy groups -OCH3 is 2. The van der Waals surface area contributed by atoms with Crippen LogP contribution in [0.25, 0.3) is 22.6 Å². The van der Waals surface area contributed by atoms with Gasteiger partial charge in [0.05, 0.1) is 31.5 Å². The van der Waals surface area contributed by atoms with E-state index >= 15 is 0 Å². The zero-order valence-electron chi connectivity index (χ0n) is 16.2. The number of carbonyl (C=O) groups excluding carboxylic acids is 1. The first-order chi connectivity index (χ1) is 14.2. The summed E-state index contributed by atoms with van der Waals surface area (Å²) in [6.07, 6.45) is 2.56. The Morgan fingerprint density at radius 1 is 1.10 bits per heavy atom. The van der Waals surface area contributed by atoms with Gasteiger partial charge >= 0.3 is 0 Å². The third kappa shape index (κ3) is 4.08. The van der Waals surface area contributed by atoms with Gasteiger partial charge in [-0.2, -0.15) is 0 Å². The molecule has 2 aromatic heterocycles. The third-order valence-corrected chi connectivity index (χ3v) is 4.61. The number of anilines is 1. The highest BCUT2D eigenvalue weighted by Gasteiger charge is 2.10. The Morgan fingerprint density at radius 3 is 2.72 bits per heavy atom. The molecule has 0 saturated heterocycles. The molecule has 2 heterocycles. The number of carbonyl (C=O) groups is 1. The summed E-state index contributed by atoms with van der Waals surface area (Å²) in [5, 5.41) is 2.93. The highest BCUT2D eigenvalue weighted by Crippen LogP contribution is 2.28. The number of hydrogen-bond donors (Lipinski definition) is 2. The first-order valence-electron chi connectivity index (χ1n) is 9.20. The summed E-state index contributed by atoms with van der Waals surface area (Å²) >= 11 is 0. The fourth-order valence-corrected chi connectivity index (χ4v) is 3.13. The minimum absolute atomic E-state index is 0.0649. The molecule has 0 aliphatic carbocycles. The minimum Gasteiger partial charge on any atom is -0.493 e. The van der Waals surface area contributed by atoms with Crippen LogP contribution in [0, 0.1) is 0 Å². The zero-order valence-corrected chi connectivity index (χ0v) is 16.2. The summed E-state index contributed by atoms with van der Waals surface area (Å²) in [5.41, 5.74) is 3.35. The molecular formula is C22H21N3O4. The molecule has 148 valence electrons. The molecule has 0 fully saturated rings. The van der Waals surface area contributed by atoms with Crippen molar-refractivity contribution in [2.75, 3.05) is 19.5 Å². The lowest BCUT2D eigenvalue weighted by atomic mass is 10.1. The lowest BCUT2D eigenvalue weighted by Crippen LogP contribution is -2.12. The first kappa shape index (κ1) is 18.6. The Morgan fingerprint density at radius 2 is 1.97 bits per heavy atom. The van der Waals surface area contributed by atoms with Crippen molar-refractivity contribution in [3.8, 4) is 23.1 Å². The zero-order chi connectivity index (χ0) is 20.2. The Balaban J connectivity index is 1.41. The van der Waals surface area contributed by atoms with Crippen molar-refractivity contribution in [2.24, 2.45) is 0 Å². The maximum atomic E-state index is 12.4. The van der Waals surface area contributed by atoms with Gasteiger partial charge in [0.1, 0.15) is 0 Å². The molecule has 0 saturated carbocycles. The number of fused-ring (bicyclic) bond motifs is 1. The predicted octanol–water partition coefficient (Wildman–Crippen LogP) is 4.41. The minimum atomic E-state index is -0.0649. The highest BCUT2D eigenvalue weighted by molar-refractivity contribution is 5.93. The number of aryl methyl sites for hydroxylation is 1. The van der Waals surface area contributed by atoms with E-state index in [-0.39, 0.29) is 5.91 Å². The van der Waals surface area contributed by atoms with Crippen molar-refractivity contribution in [1.29, 1.82) is 0 Å². The van der Waals surface area contributed by atoms with Crippen LogP contribution in [-0.2, 0) is 11.2 Å². The number of ether oxygens (including phenoxy) is 2. The van der Waals surface area contributed by atoms with Gasteiger partial charge in [0.25, 0.3) is 0 Å². The summed E-state index contributed by atoms with van der Waals surface area (Å²) in [5.74, 6) is 2.58. The van der Waals surface area contributed by atoms with Gasteiger partial charge in [-0.3, -0.25) is 4.79 Å². The van der Waals surface area contributed by atoms with Gasteiger partial charge in [-0.05, 0) is 54.4 Å². The molecule has 4 aromatic rings. The first-order valence-corrected chi connectivity index (χ1v) is 9.20. The smallest absolute Gasteiger partial charge is 0.224 e. The molecule has 4 rings (SSSR count). The molecule has 2 aromatic carbocycles. The number of benzene rings is 2. The van der Waals surface area contributed by atoms with Gasteiger partial charge in [0, 0.05) is 12.1 Å². The van der Waals surface area contributed by atoms with Crippen molar-refractivity contribution in [3.63, 3.8) is 0 Å². The molecule has 7 nitrogen and oxygen atoms in total. The van der Waals surface area contributed by atoms with Gasteiger partial charge in [0.15, 0.2) is 23.1 Å². The number of aromatic amines is 1. The van der Waals surface area contributed by atoms with E-state index in [1.807, 2.05) is 48.5 Å². The maximum Gasteiger partial charge on any atom is 0.224 e. The second-order valence-electron chi connectivity index (χ2n) is 6.53. The van der Waals surface area contributed by atoms with Gasteiger partial charge in [0.2, 0.25) is 5.91 Å². The summed E-state index contributed by atoms with van der Waals surface area (Å²) in [6.45, 7) is 0. The third-order valence-electron chi connectivity index (χ3n) is 4.61. The van der Waals surface area contributed by atoms with E-state index in [0.717, 1.165) is 16.6 Å². The van der Waals surface area contributed by atoms with Crippen LogP contribution in [0.2, 0.25) is 0 Å². The molecule has 2 N–H and O–H groups in total. The number of aromatic nitrogens is 2. The molecule has 0 radical (unpaired) electrons. The van der Waals surface area contributed by atoms with Crippen LogP contribution < -0.4 is 14.8 Å². The second kappa shape index (κ2) is 8.10. The number of rotatable bonds is 7. The molecule has 0 spiro atoms. The topological polar surface area (TPSA) is 89.4 Å². The van der Waals surface area contributed by atoms with Crippen molar-refractivity contribution in [2.45, 2.75) is 12.8 Å². The Hall–Kier alpha value is -3.74. The monoisotopic (exact) mass is 391 g/mol. The molecule has 1 amide bonds. The van der Waals surface area contributed by atoms with Crippen LogP contribution in [0.1, 0.15) is 12.0 Å². The van der Waals surface area contributed by atoms with Gasteiger partial charge < -0.3 is 24.2 Å². The summed E-state index contributed by atoms with van der Waals surface area (Å²) in [7, 11) is 3.19. The number of hydrogen-bond acceptors (Lipinski definition) is 5. The van der Waals surface area contributed by atoms with Crippen molar-refractivity contribution < 1.29 is 18.7 Å². The van der Waals surface area contributed by atoms with Crippen LogP contribution in [0.3, 0.4) is 0 Å². The highest BCUT2D eigenvalue weighted by atomic mass is 16.5. The molecule has 29 heavy (non-hydrogen) atoms. The molecule has 7 heteroatoms. The number of furan rings is 1. The maximum absolute atomic E-state index is 12.4. The van der Waals surface area contributed by atoms with E-state index in [1.54, 1.807) is 20.5 Å². The number of imidazole rings is 1. The second-order valence-corrected chi connectivity index (χ2v) is 6.53. The van der Waals surface area contributed by atoms with Gasteiger partial charge in [-0.25, -0.2) is 4.98 Å². The Labute approximate surface area is 167 Å². The standard InChI is InChI=1S/C22H21N3O4/c1-27-18-9-5-14(12-20(18)28-2)6-10-21(26)23-15-7-8-16-17(13-15)25-22(24-16)19-4-3-11-29-19/h3-5,7-9,11-13H,6,10H2,1-2H3,(H,23,26)(H,24,25). The SMILES string of the molecule is COc1ccc(CCC(=O)Nc2ccc3nc(-c4ccco4)[nH]c3c2)cc1OC. The van der Waals surface area contributed by atoms with Crippen LogP contribution in [0.4, 0.5) is 5.69 Å². The van der Waals surface area contributed by atoms with E-state index in [2.05, 4.69) is 15.3 Å². The fraction of sp³-hybridized carbons (Fsp3) is 0.182. The van der Waals surface area contributed by atoms with E-state index in [9.17, 15) is 4.79 Å². The summed E-state index contributed by atoms with van der Waals surface area (Å²) in [4.78, 5) is 20.1. The van der Waals surface area contributed by atoms with Crippen LogP contribution in [0.15, 0.2) is 59.2 Å². The quantitative estimate of drug-likeness (QED) is 0.487. The van der Waals surface area contributed by atoms with Crippen LogP contribution >= 0.6 is 0 Å². The molecule has 0 aliphatic rings. The lowest BCUT2D eigenvalue weighted by molar-refractivity contribution is -0.116. The fourth-order valence-electron chi connectivity index (χ4n) is 3.13. The van der Waals surface area contributed by atoms with E-state index < -0.39 is 0 Å². The van der Waals surface area contributed by atoms with E-state index in [4.69, 9.17) is 13.9 Å². The molecule has 0 bridgehead atoms. The number of H-pyrrole nitrogens is 1. The van der Waals surface area contributed by atoms with Crippen molar-refractivity contribution in [1.82, 2.24) is 9.97 Å². The van der Waals surface area contributed by atoms with Crippen LogP contribution in [-0.4, -0.2) is 30.1 Å². The average Bonchev–Trinajstić information content (AvgIpc) is 3.41. The molecule has 0 atom stereocenters. The average molecular weight is 391 g/mol.